The van der Waals surface area contributed by atoms with Crippen molar-refractivity contribution in [1.29, 1.82) is 5.26 Å². The third-order valence-electron chi connectivity index (χ3n) is 5.58. The van der Waals surface area contributed by atoms with E-state index in [0.717, 1.165) is 25.0 Å². The second-order valence-electron chi connectivity index (χ2n) is 7.99. The Kier molecular flexibility index (Phi) is 5.37. The fourth-order valence-electron chi connectivity index (χ4n) is 3.78. The highest BCUT2D eigenvalue weighted by Gasteiger charge is 2.32. The minimum Gasteiger partial charge on any atom is -0.264 e. The van der Waals surface area contributed by atoms with Crippen molar-refractivity contribution in [3.63, 3.8) is 0 Å². The summed E-state index contributed by atoms with van der Waals surface area (Å²) in [6.07, 6.45) is -0.973. The Morgan fingerprint density at radius 3 is 2.47 bits per heavy atom. The first-order chi connectivity index (χ1) is 16.3. The summed E-state index contributed by atoms with van der Waals surface area (Å²) in [5, 5.41) is 13.8. The van der Waals surface area contributed by atoms with E-state index in [9.17, 15) is 18.0 Å². The average molecular weight is 482 g/mol. The van der Waals surface area contributed by atoms with E-state index in [2.05, 4.69) is 11.2 Å². The summed E-state index contributed by atoms with van der Waals surface area (Å²) in [5.74, 6) is 0. The summed E-state index contributed by atoms with van der Waals surface area (Å²) >= 11 is 1.39. The molecule has 4 aromatic rings. The van der Waals surface area contributed by atoms with Crippen LogP contribution in [0.2, 0.25) is 0 Å². The number of rotatable bonds is 5. The topological polar surface area (TPSA) is 68.5 Å². The predicted octanol–water partition coefficient (Wildman–Crippen LogP) is 5.35. The molecule has 2 aromatic heterocycles. The van der Waals surface area contributed by atoms with Crippen LogP contribution in [-0.2, 0) is 6.18 Å². The largest absolute Gasteiger partial charge is 0.416 e. The van der Waals surface area contributed by atoms with Gasteiger partial charge in [-0.15, -0.1) is 0 Å². The van der Waals surface area contributed by atoms with E-state index in [1.807, 2.05) is 0 Å². The minimum atomic E-state index is -4.52. The molecule has 2 aromatic carbocycles. The van der Waals surface area contributed by atoms with Crippen LogP contribution >= 0.6 is 11.9 Å². The fourth-order valence-corrected chi connectivity index (χ4v) is 4.93. The molecule has 0 unspecified atom stereocenters. The predicted molar refractivity (Wildman–Crippen MR) is 123 cm³/mol. The van der Waals surface area contributed by atoms with Gasteiger partial charge in [0.25, 0.3) is 0 Å². The van der Waals surface area contributed by atoms with Crippen molar-refractivity contribution in [2.24, 2.45) is 0 Å². The summed E-state index contributed by atoms with van der Waals surface area (Å²) in [6, 6.07) is 15.5. The monoisotopic (exact) mass is 481 g/mol. The van der Waals surface area contributed by atoms with Crippen LogP contribution in [0, 0.1) is 18.3 Å². The molecule has 6 nitrogen and oxygen atoms in total. The van der Waals surface area contributed by atoms with E-state index in [-0.39, 0.29) is 10.9 Å². The number of hydrogen-bond acceptors (Lipinski definition) is 4. The van der Waals surface area contributed by atoms with Gasteiger partial charge in [0.05, 0.1) is 46.2 Å². The zero-order valence-corrected chi connectivity index (χ0v) is 18.8. The van der Waals surface area contributed by atoms with Gasteiger partial charge in [-0.25, -0.2) is 13.4 Å². The molecule has 1 saturated carbocycles. The molecule has 0 spiro atoms. The van der Waals surface area contributed by atoms with Crippen molar-refractivity contribution < 1.29 is 13.2 Å². The molecule has 0 amide bonds. The maximum Gasteiger partial charge on any atom is 0.416 e. The Hall–Kier alpha value is -3.71. The number of imidazole rings is 1. The van der Waals surface area contributed by atoms with Crippen LogP contribution in [0.15, 0.2) is 65.6 Å². The molecular formula is C24H18F3N5OS. The van der Waals surface area contributed by atoms with Gasteiger partial charge in [0.2, 0.25) is 0 Å². The van der Waals surface area contributed by atoms with Gasteiger partial charge in [-0.3, -0.25) is 4.57 Å². The van der Waals surface area contributed by atoms with E-state index in [1.54, 1.807) is 52.1 Å². The summed E-state index contributed by atoms with van der Waals surface area (Å²) in [4.78, 5) is 13.5. The molecule has 0 radical (unpaired) electrons. The van der Waals surface area contributed by atoms with Crippen molar-refractivity contribution >= 4 is 11.9 Å². The first-order valence-electron chi connectivity index (χ1n) is 10.5. The van der Waals surface area contributed by atoms with Crippen molar-refractivity contribution in [1.82, 2.24) is 18.3 Å². The number of aromatic nitrogens is 4. The number of alkyl halides is 3. The third-order valence-corrected chi connectivity index (χ3v) is 6.90. The van der Waals surface area contributed by atoms with Crippen LogP contribution in [0.25, 0.3) is 22.8 Å². The average Bonchev–Trinajstić information content (AvgIpc) is 3.45. The summed E-state index contributed by atoms with van der Waals surface area (Å²) in [5.41, 5.74) is 1.82. The van der Waals surface area contributed by atoms with E-state index in [4.69, 9.17) is 5.26 Å². The van der Waals surface area contributed by atoms with Crippen LogP contribution in [-0.4, -0.2) is 23.6 Å². The quantitative estimate of drug-likeness (QED) is 0.385. The van der Waals surface area contributed by atoms with Crippen LogP contribution < -0.4 is 5.69 Å². The van der Waals surface area contributed by atoms with Gasteiger partial charge in [-0.2, -0.15) is 23.5 Å². The molecule has 10 heteroatoms. The second-order valence-corrected chi connectivity index (χ2v) is 9.23. The summed E-state index contributed by atoms with van der Waals surface area (Å²) in [7, 11) is 0. The van der Waals surface area contributed by atoms with Gasteiger partial charge >= 0.3 is 11.9 Å². The van der Waals surface area contributed by atoms with E-state index < -0.39 is 17.4 Å². The number of nitrogens with zero attached hydrogens (tertiary/aromatic N) is 5. The molecule has 0 saturated heterocycles. The van der Waals surface area contributed by atoms with Gasteiger partial charge in [-0.1, -0.05) is 6.07 Å². The second kappa shape index (κ2) is 8.25. The SMILES string of the molecule is Cc1c(-c2ccnn2-c2ccc(C#N)cc2)n(SC2CC2)c(=O)n1-c1cccc(C(F)(F)F)c1. The molecule has 1 fully saturated rings. The number of benzene rings is 2. The lowest BCUT2D eigenvalue weighted by atomic mass is 10.2. The van der Waals surface area contributed by atoms with Gasteiger partial charge in [0.1, 0.15) is 5.69 Å². The normalized spacial score (nSPS) is 13.7. The molecule has 172 valence electrons. The van der Waals surface area contributed by atoms with Gasteiger partial charge in [0, 0.05) is 5.25 Å². The molecule has 2 heterocycles. The summed E-state index contributed by atoms with van der Waals surface area (Å²) < 4.78 is 44.5. The van der Waals surface area contributed by atoms with E-state index in [0.29, 0.717) is 28.3 Å². The van der Waals surface area contributed by atoms with Gasteiger partial charge < -0.3 is 0 Å². The molecule has 0 N–H and O–H groups in total. The first-order valence-corrected chi connectivity index (χ1v) is 11.4. The maximum atomic E-state index is 13.5. The van der Waals surface area contributed by atoms with Gasteiger partial charge in [-0.05, 0) is 80.2 Å². The van der Waals surface area contributed by atoms with E-state index in [1.165, 1.54) is 28.6 Å². The lowest BCUT2D eigenvalue weighted by Gasteiger charge is -2.11. The van der Waals surface area contributed by atoms with Crippen LogP contribution in [0.4, 0.5) is 13.2 Å². The Labute approximate surface area is 197 Å². The highest BCUT2D eigenvalue weighted by Crippen LogP contribution is 2.39. The van der Waals surface area contributed by atoms with Crippen molar-refractivity contribution in [2.45, 2.75) is 31.2 Å². The number of halogens is 3. The van der Waals surface area contributed by atoms with Gasteiger partial charge in [0.15, 0.2) is 0 Å². The Morgan fingerprint density at radius 1 is 1.09 bits per heavy atom. The van der Waals surface area contributed by atoms with Crippen LogP contribution in [0.5, 0.6) is 0 Å². The number of nitriles is 1. The highest BCUT2D eigenvalue weighted by molar-refractivity contribution is 7.98. The third kappa shape index (κ3) is 3.92. The maximum absolute atomic E-state index is 13.5. The van der Waals surface area contributed by atoms with E-state index >= 15 is 0 Å². The van der Waals surface area contributed by atoms with Crippen molar-refractivity contribution in [3.8, 4) is 28.8 Å². The molecular weight excluding hydrogens is 463 g/mol. The number of hydrogen-bond donors (Lipinski definition) is 0. The van der Waals surface area contributed by atoms with Crippen molar-refractivity contribution in [3.05, 3.63) is 88.1 Å². The standard InChI is InChI=1S/C24H18F3N5OS/c1-15-22(21-11-12-29-31(21)18-7-5-16(14-28)6-8-18)32(34-20-9-10-20)23(33)30(15)19-4-2-3-17(13-19)24(25,26)27/h2-8,11-13,20H,9-10H2,1H3. The Bertz CT molecular complexity index is 1470. The molecule has 1 aliphatic rings. The summed E-state index contributed by atoms with van der Waals surface area (Å²) in [6.45, 7) is 1.72. The zero-order valence-electron chi connectivity index (χ0n) is 18.0. The van der Waals surface area contributed by atoms with Crippen LogP contribution in [0.3, 0.4) is 0 Å². The highest BCUT2D eigenvalue weighted by atomic mass is 32.2. The molecule has 34 heavy (non-hydrogen) atoms. The lowest BCUT2D eigenvalue weighted by Crippen LogP contribution is -2.21. The molecule has 5 rings (SSSR count). The first kappa shape index (κ1) is 22.1. The fraction of sp³-hybridized carbons (Fsp3) is 0.208. The molecule has 0 bridgehead atoms. The lowest BCUT2D eigenvalue weighted by molar-refractivity contribution is -0.137. The smallest absolute Gasteiger partial charge is 0.264 e. The minimum absolute atomic E-state index is 0.151. The molecule has 0 atom stereocenters. The molecule has 0 aliphatic heterocycles. The Morgan fingerprint density at radius 2 is 1.82 bits per heavy atom. The van der Waals surface area contributed by atoms with Crippen molar-refractivity contribution in [2.75, 3.05) is 0 Å². The molecule has 1 aliphatic carbocycles. The van der Waals surface area contributed by atoms with Crippen LogP contribution in [0.1, 0.15) is 29.7 Å². The zero-order chi connectivity index (χ0) is 24.0. The Balaban J connectivity index is 1.70.